The second-order valence-corrected chi connectivity index (χ2v) is 5.25. The fourth-order valence-electron chi connectivity index (χ4n) is 1.96. The lowest BCUT2D eigenvalue weighted by molar-refractivity contribution is 0.102. The topological polar surface area (TPSA) is 84.3 Å². The molecule has 25 heavy (non-hydrogen) atoms. The van der Waals surface area contributed by atoms with Gasteiger partial charge in [-0.05, 0) is 36.4 Å². The largest absolute Gasteiger partial charge is 0.508 e. The Hall–Kier alpha value is -3.19. The molecule has 0 atom stereocenters. The standard InChI is InChI=1S/C17H11ClFN3O3/c18-14-15(22-16(24)12-3-1-2-4-13(12)19)20-9-21-17(14)25-11-7-5-10(23)6-8-11/h1-9,23H,(H,20,21,22,24). The zero-order valence-corrected chi connectivity index (χ0v) is 13.4. The molecule has 1 aromatic heterocycles. The Morgan fingerprint density at radius 1 is 1.12 bits per heavy atom. The van der Waals surface area contributed by atoms with Crippen molar-refractivity contribution in [2.45, 2.75) is 0 Å². The number of amides is 1. The Kier molecular flexibility index (Phi) is 4.76. The number of carbonyl (C=O) groups excluding carboxylic acids is 1. The van der Waals surface area contributed by atoms with E-state index in [0.717, 1.165) is 6.33 Å². The zero-order chi connectivity index (χ0) is 17.8. The highest BCUT2D eigenvalue weighted by molar-refractivity contribution is 6.34. The normalized spacial score (nSPS) is 10.3. The van der Waals surface area contributed by atoms with Crippen molar-refractivity contribution in [2.75, 3.05) is 5.32 Å². The number of phenolic OH excluding ortho intramolecular Hbond substituents is 1. The van der Waals surface area contributed by atoms with Gasteiger partial charge in [0.15, 0.2) is 5.82 Å². The van der Waals surface area contributed by atoms with E-state index in [9.17, 15) is 14.3 Å². The van der Waals surface area contributed by atoms with E-state index in [1.165, 1.54) is 42.5 Å². The number of hydrogen-bond donors (Lipinski definition) is 2. The third-order valence-electron chi connectivity index (χ3n) is 3.16. The first-order valence-corrected chi connectivity index (χ1v) is 7.45. The van der Waals surface area contributed by atoms with Crippen molar-refractivity contribution in [1.29, 1.82) is 0 Å². The summed E-state index contributed by atoms with van der Waals surface area (Å²) in [6, 6.07) is 11.4. The molecule has 0 fully saturated rings. The van der Waals surface area contributed by atoms with E-state index in [2.05, 4.69) is 15.3 Å². The minimum atomic E-state index is -0.700. The molecule has 2 aromatic carbocycles. The molecular weight excluding hydrogens is 349 g/mol. The van der Waals surface area contributed by atoms with Crippen LogP contribution in [0.4, 0.5) is 10.2 Å². The van der Waals surface area contributed by atoms with Gasteiger partial charge < -0.3 is 15.2 Å². The van der Waals surface area contributed by atoms with Gasteiger partial charge in [-0.3, -0.25) is 4.79 Å². The number of aromatic nitrogens is 2. The maximum atomic E-state index is 13.7. The molecule has 3 rings (SSSR count). The van der Waals surface area contributed by atoms with E-state index in [4.69, 9.17) is 16.3 Å². The Bertz CT molecular complexity index is 919. The molecule has 1 heterocycles. The van der Waals surface area contributed by atoms with Crippen LogP contribution in [0.25, 0.3) is 0 Å². The molecule has 0 aliphatic carbocycles. The number of anilines is 1. The highest BCUT2D eigenvalue weighted by Crippen LogP contribution is 2.32. The van der Waals surface area contributed by atoms with Crippen molar-refractivity contribution in [3.8, 4) is 17.4 Å². The Morgan fingerprint density at radius 2 is 1.84 bits per heavy atom. The van der Waals surface area contributed by atoms with E-state index in [1.807, 2.05) is 0 Å². The SMILES string of the molecule is O=C(Nc1ncnc(Oc2ccc(O)cc2)c1Cl)c1ccccc1F. The Balaban J connectivity index is 1.82. The molecule has 0 saturated heterocycles. The Morgan fingerprint density at radius 3 is 2.56 bits per heavy atom. The first-order valence-electron chi connectivity index (χ1n) is 7.08. The molecule has 0 bridgehead atoms. The van der Waals surface area contributed by atoms with Crippen LogP contribution >= 0.6 is 11.6 Å². The van der Waals surface area contributed by atoms with E-state index >= 15 is 0 Å². The molecule has 0 aliphatic rings. The third-order valence-corrected chi connectivity index (χ3v) is 3.50. The minimum absolute atomic E-state index is 0.00573. The van der Waals surface area contributed by atoms with Crippen LogP contribution in [0.3, 0.4) is 0 Å². The summed E-state index contributed by atoms with van der Waals surface area (Å²) in [5, 5.41) is 11.6. The molecule has 8 heteroatoms. The summed E-state index contributed by atoms with van der Waals surface area (Å²) in [6.07, 6.45) is 1.15. The van der Waals surface area contributed by atoms with Gasteiger partial charge in [0.2, 0.25) is 5.88 Å². The lowest BCUT2D eigenvalue weighted by atomic mass is 10.2. The molecule has 0 radical (unpaired) electrons. The summed E-state index contributed by atoms with van der Waals surface area (Å²) in [4.78, 5) is 19.9. The second kappa shape index (κ2) is 7.14. The molecule has 0 saturated carbocycles. The Labute approximate surface area is 146 Å². The highest BCUT2D eigenvalue weighted by Gasteiger charge is 2.17. The lowest BCUT2D eigenvalue weighted by Gasteiger charge is -2.10. The van der Waals surface area contributed by atoms with Gasteiger partial charge in [-0.25, -0.2) is 9.37 Å². The lowest BCUT2D eigenvalue weighted by Crippen LogP contribution is -2.15. The van der Waals surface area contributed by atoms with Crippen molar-refractivity contribution in [2.24, 2.45) is 0 Å². The summed E-state index contributed by atoms with van der Waals surface area (Å²) in [5.74, 6) is -0.909. The fourth-order valence-corrected chi connectivity index (χ4v) is 2.14. The number of nitrogens with zero attached hydrogens (tertiary/aromatic N) is 2. The quantitative estimate of drug-likeness (QED) is 0.735. The van der Waals surface area contributed by atoms with Gasteiger partial charge in [-0.15, -0.1) is 0 Å². The van der Waals surface area contributed by atoms with Crippen LogP contribution in [-0.4, -0.2) is 21.0 Å². The second-order valence-electron chi connectivity index (χ2n) is 4.87. The number of aromatic hydroxyl groups is 1. The van der Waals surface area contributed by atoms with Crippen LogP contribution in [0.1, 0.15) is 10.4 Å². The number of hydrogen-bond acceptors (Lipinski definition) is 5. The van der Waals surface area contributed by atoms with Crippen LogP contribution < -0.4 is 10.1 Å². The maximum absolute atomic E-state index is 13.7. The predicted octanol–water partition coefficient (Wildman–Crippen LogP) is 4.02. The number of nitrogens with one attached hydrogen (secondary N) is 1. The van der Waals surface area contributed by atoms with Crippen molar-refractivity contribution >= 4 is 23.3 Å². The summed E-state index contributed by atoms with van der Waals surface area (Å²) >= 11 is 6.15. The minimum Gasteiger partial charge on any atom is -0.508 e. The third kappa shape index (κ3) is 3.84. The zero-order valence-electron chi connectivity index (χ0n) is 12.6. The van der Waals surface area contributed by atoms with Gasteiger partial charge in [0.1, 0.15) is 28.7 Å². The average Bonchev–Trinajstić information content (AvgIpc) is 2.60. The number of ether oxygens (including phenoxy) is 1. The summed E-state index contributed by atoms with van der Waals surface area (Å²) in [5.41, 5.74) is -0.141. The van der Waals surface area contributed by atoms with Crippen LogP contribution in [0.5, 0.6) is 17.4 Å². The number of halogens is 2. The molecule has 126 valence electrons. The van der Waals surface area contributed by atoms with Crippen LogP contribution in [-0.2, 0) is 0 Å². The molecule has 1 amide bonds. The molecule has 0 aliphatic heterocycles. The summed E-state index contributed by atoms with van der Waals surface area (Å²) in [7, 11) is 0. The smallest absolute Gasteiger partial charge is 0.259 e. The van der Waals surface area contributed by atoms with Gasteiger partial charge in [0.25, 0.3) is 5.91 Å². The number of phenols is 1. The van der Waals surface area contributed by atoms with Crippen LogP contribution in [0.15, 0.2) is 54.9 Å². The fraction of sp³-hybridized carbons (Fsp3) is 0. The van der Waals surface area contributed by atoms with Crippen LogP contribution in [0.2, 0.25) is 5.02 Å². The highest BCUT2D eigenvalue weighted by atomic mass is 35.5. The first kappa shape index (κ1) is 16.7. The van der Waals surface area contributed by atoms with Gasteiger partial charge in [-0.2, -0.15) is 4.98 Å². The summed E-state index contributed by atoms with van der Waals surface area (Å²) in [6.45, 7) is 0. The van der Waals surface area contributed by atoms with Crippen LogP contribution in [0, 0.1) is 5.82 Å². The van der Waals surface area contributed by atoms with Gasteiger partial charge in [0, 0.05) is 0 Å². The van der Waals surface area contributed by atoms with Gasteiger partial charge in [-0.1, -0.05) is 23.7 Å². The van der Waals surface area contributed by atoms with Gasteiger partial charge >= 0.3 is 0 Å². The maximum Gasteiger partial charge on any atom is 0.259 e. The van der Waals surface area contributed by atoms with Crippen molar-refractivity contribution < 1.29 is 19.0 Å². The van der Waals surface area contributed by atoms with E-state index in [1.54, 1.807) is 6.07 Å². The van der Waals surface area contributed by atoms with E-state index in [0.29, 0.717) is 5.75 Å². The van der Waals surface area contributed by atoms with E-state index < -0.39 is 11.7 Å². The molecule has 2 N–H and O–H groups in total. The first-order chi connectivity index (χ1) is 12.0. The molecule has 6 nitrogen and oxygen atoms in total. The molecular formula is C17H11ClFN3O3. The molecule has 3 aromatic rings. The summed E-state index contributed by atoms with van der Waals surface area (Å²) < 4.78 is 19.2. The average molecular weight is 360 g/mol. The van der Waals surface area contributed by atoms with Crippen molar-refractivity contribution in [3.63, 3.8) is 0 Å². The van der Waals surface area contributed by atoms with Gasteiger partial charge in [0.05, 0.1) is 5.56 Å². The monoisotopic (exact) mass is 359 g/mol. The number of benzene rings is 2. The van der Waals surface area contributed by atoms with Crippen molar-refractivity contribution in [3.05, 3.63) is 71.3 Å². The molecule has 0 spiro atoms. The number of carbonyl (C=O) groups is 1. The van der Waals surface area contributed by atoms with Crippen molar-refractivity contribution in [1.82, 2.24) is 9.97 Å². The predicted molar refractivity (Wildman–Crippen MR) is 89.6 cm³/mol. The molecule has 0 unspecified atom stereocenters. The number of rotatable bonds is 4. The van der Waals surface area contributed by atoms with E-state index in [-0.39, 0.29) is 28.0 Å².